The van der Waals surface area contributed by atoms with Crippen LogP contribution in [0, 0.1) is 0 Å². The van der Waals surface area contributed by atoms with Crippen molar-refractivity contribution in [2.45, 2.75) is 12.5 Å². The Kier molecular flexibility index (Phi) is 1.98. The van der Waals surface area contributed by atoms with Crippen LogP contribution in [0.4, 0.5) is 5.69 Å². The predicted octanol–water partition coefficient (Wildman–Crippen LogP) is 2.35. The molecule has 16 heavy (non-hydrogen) atoms. The minimum atomic E-state index is -0.348. The predicted molar refractivity (Wildman–Crippen MR) is 67.1 cm³/mol. The number of aliphatic hydroxyl groups excluding tert-OH is 1. The fraction of sp³-hybridized carbons (Fsp3) is 0.143. The van der Waals surface area contributed by atoms with Crippen LogP contribution in [0.1, 0.15) is 11.1 Å². The van der Waals surface area contributed by atoms with Crippen molar-refractivity contribution in [3.63, 3.8) is 0 Å². The van der Waals surface area contributed by atoms with E-state index in [2.05, 4.69) is 12.1 Å². The Bertz CT molecular complexity index is 587. The van der Waals surface area contributed by atoms with Gasteiger partial charge in [-0.05, 0) is 34.0 Å². The number of benzene rings is 2. The van der Waals surface area contributed by atoms with Crippen molar-refractivity contribution in [1.29, 1.82) is 0 Å². The normalized spacial score (nSPS) is 18.7. The molecule has 0 amide bonds. The van der Waals surface area contributed by atoms with Gasteiger partial charge in [-0.15, -0.1) is 0 Å². The van der Waals surface area contributed by atoms with Crippen molar-refractivity contribution < 1.29 is 5.11 Å². The summed E-state index contributed by atoms with van der Waals surface area (Å²) in [6.07, 6.45) is 4.20. The first-order chi connectivity index (χ1) is 7.74. The number of nitrogen functional groups attached to an aromatic ring is 1. The summed E-state index contributed by atoms with van der Waals surface area (Å²) < 4.78 is 0. The highest BCUT2D eigenvalue weighted by molar-refractivity contribution is 5.94. The van der Waals surface area contributed by atoms with Crippen LogP contribution in [-0.4, -0.2) is 11.2 Å². The molecule has 0 saturated heterocycles. The quantitative estimate of drug-likeness (QED) is 0.657. The lowest BCUT2D eigenvalue weighted by molar-refractivity contribution is 0.223. The molecule has 0 saturated carbocycles. The molecule has 0 fully saturated rings. The van der Waals surface area contributed by atoms with Crippen LogP contribution in [-0.2, 0) is 6.42 Å². The molecule has 80 valence electrons. The van der Waals surface area contributed by atoms with Gasteiger partial charge in [0.25, 0.3) is 0 Å². The lowest BCUT2D eigenvalue weighted by Crippen LogP contribution is -2.11. The SMILES string of the molecule is Nc1ccc2c3c(ccc2c1)CC(O)C=C3. The van der Waals surface area contributed by atoms with Crippen molar-refractivity contribution in [1.82, 2.24) is 0 Å². The Balaban J connectivity index is 2.31. The number of aliphatic hydroxyl groups is 1. The number of fused-ring (bicyclic) bond motifs is 3. The van der Waals surface area contributed by atoms with Crippen molar-refractivity contribution in [2.24, 2.45) is 0 Å². The lowest BCUT2D eigenvalue weighted by Gasteiger charge is -2.17. The molecule has 1 aliphatic carbocycles. The number of nitrogens with two attached hydrogens (primary N) is 1. The van der Waals surface area contributed by atoms with E-state index in [0.717, 1.165) is 11.1 Å². The Hall–Kier alpha value is -1.80. The number of anilines is 1. The van der Waals surface area contributed by atoms with Crippen molar-refractivity contribution in [2.75, 3.05) is 5.73 Å². The highest BCUT2D eigenvalue weighted by atomic mass is 16.3. The molecule has 1 unspecified atom stereocenters. The van der Waals surface area contributed by atoms with Crippen LogP contribution in [0.15, 0.2) is 36.4 Å². The summed E-state index contributed by atoms with van der Waals surface area (Å²) in [4.78, 5) is 0. The van der Waals surface area contributed by atoms with Gasteiger partial charge in [0.2, 0.25) is 0 Å². The molecule has 1 aliphatic rings. The van der Waals surface area contributed by atoms with Gasteiger partial charge in [0.05, 0.1) is 6.10 Å². The molecule has 2 aromatic carbocycles. The van der Waals surface area contributed by atoms with E-state index in [1.54, 1.807) is 0 Å². The maximum absolute atomic E-state index is 9.57. The fourth-order valence-corrected chi connectivity index (χ4v) is 2.29. The van der Waals surface area contributed by atoms with Gasteiger partial charge in [-0.1, -0.05) is 30.4 Å². The minimum absolute atomic E-state index is 0.348. The highest BCUT2D eigenvalue weighted by Gasteiger charge is 2.13. The lowest BCUT2D eigenvalue weighted by atomic mass is 9.91. The van der Waals surface area contributed by atoms with Crippen molar-refractivity contribution >= 4 is 22.5 Å². The van der Waals surface area contributed by atoms with Crippen LogP contribution < -0.4 is 5.73 Å². The topological polar surface area (TPSA) is 46.2 Å². The Morgan fingerprint density at radius 2 is 2.06 bits per heavy atom. The molecule has 3 rings (SSSR count). The van der Waals surface area contributed by atoms with Crippen LogP contribution in [0.3, 0.4) is 0 Å². The second-order valence-electron chi connectivity index (χ2n) is 4.25. The van der Waals surface area contributed by atoms with E-state index in [-0.39, 0.29) is 6.10 Å². The number of rotatable bonds is 0. The van der Waals surface area contributed by atoms with E-state index in [4.69, 9.17) is 5.73 Å². The molecule has 0 bridgehead atoms. The second-order valence-corrected chi connectivity index (χ2v) is 4.25. The summed E-state index contributed by atoms with van der Waals surface area (Å²) in [7, 11) is 0. The monoisotopic (exact) mass is 211 g/mol. The van der Waals surface area contributed by atoms with Crippen molar-refractivity contribution in [3.05, 3.63) is 47.5 Å². The van der Waals surface area contributed by atoms with E-state index < -0.39 is 0 Å². The van der Waals surface area contributed by atoms with E-state index in [9.17, 15) is 5.11 Å². The molecule has 0 heterocycles. The first-order valence-electron chi connectivity index (χ1n) is 5.41. The van der Waals surface area contributed by atoms with Crippen molar-refractivity contribution in [3.8, 4) is 0 Å². The number of hydrogen-bond acceptors (Lipinski definition) is 2. The minimum Gasteiger partial charge on any atom is -0.399 e. The van der Waals surface area contributed by atoms with Gasteiger partial charge in [0.1, 0.15) is 0 Å². The summed E-state index contributed by atoms with van der Waals surface area (Å²) in [5.74, 6) is 0. The van der Waals surface area contributed by atoms with Gasteiger partial charge in [-0.3, -0.25) is 0 Å². The molecule has 3 N–H and O–H groups in total. The Morgan fingerprint density at radius 3 is 2.94 bits per heavy atom. The summed E-state index contributed by atoms with van der Waals surface area (Å²) in [5, 5.41) is 11.9. The molecule has 0 aliphatic heterocycles. The molecule has 0 spiro atoms. The average molecular weight is 211 g/mol. The van der Waals surface area contributed by atoms with Gasteiger partial charge >= 0.3 is 0 Å². The van der Waals surface area contributed by atoms with E-state index in [1.807, 2.05) is 30.4 Å². The van der Waals surface area contributed by atoms with Gasteiger partial charge in [0, 0.05) is 12.1 Å². The molecule has 1 atom stereocenters. The molecular formula is C14H13NO. The zero-order chi connectivity index (χ0) is 11.1. The third kappa shape index (κ3) is 1.39. The standard InChI is InChI=1S/C14H13NO/c15-11-3-5-13-9(7-11)1-2-10-8-12(16)4-6-14(10)13/h1-7,12,16H,8,15H2. The Labute approximate surface area is 94.0 Å². The van der Waals surface area contributed by atoms with E-state index in [0.29, 0.717) is 6.42 Å². The van der Waals surface area contributed by atoms with Gasteiger partial charge in [-0.25, -0.2) is 0 Å². The number of hydrogen-bond donors (Lipinski definition) is 2. The molecule has 2 nitrogen and oxygen atoms in total. The zero-order valence-electron chi connectivity index (χ0n) is 8.85. The summed E-state index contributed by atoms with van der Waals surface area (Å²) in [6, 6.07) is 10.1. The third-order valence-electron chi connectivity index (χ3n) is 3.09. The summed E-state index contributed by atoms with van der Waals surface area (Å²) in [5.41, 5.74) is 8.96. The van der Waals surface area contributed by atoms with E-state index >= 15 is 0 Å². The average Bonchev–Trinajstić information content (AvgIpc) is 2.28. The second kappa shape index (κ2) is 3.35. The summed E-state index contributed by atoms with van der Waals surface area (Å²) >= 11 is 0. The highest BCUT2D eigenvalue weighted by Crippen LogP contribution is 2.29. The molecule has 2 aromatic rings. The third-order valence-corrected chi connectivity index (χ3v) is 3.09. The van der Waals surface area contributed by atoms with Gasteiger partial charge in [-0.2, -0.15) is 0 Å². The zero-order valence-corrected chi connectivity index (χ0v) is 8.85. The van der Waals surface area contributed by atoms with Crippen LogP contribution in [0.5, 0.6) is 0 Å². The Morgan fingerprint density at radius 1 is 1.19 bits per heavy atom. The van der Waals surface area contributed by atoms with Crippen LogP contribution in [0.25, 0.3) is 16.8 Å². The van der Waals surface area contributed by atoms with Gasteiger partial charge < -0.3 is 10.8 Å². The van der Waals surface area contributed by atoms with Crippen LogP contribution >= 0.6 is 0 Å². The maximum Gasteiger partial charge on any atom is 0.0764 e. The van der Waals surface area contributed by atoms with Gasteiger partial charge in [0.15, 0.2) is 0 Å². The fourth-order valence-electron chi connectivity index (χ4n) is 2.29. The first kappa shape index (κ1) is 9.43. The largest absolute Gasteiger partial charge is 0.399 e. The smallest absolute Gasteiger partial charge is 0.0764 e. The summed E-state index contributed by atoms with van der Waals surface area (Å²) in [6.45, 7) is 0. The molecule has 0 radical (unpaired) electrons. The first-order valence-corrected chi connectivity index (χ1v) is 5.41. The molecule has 2 heteroatoms. The maximum atomic E-state index is 9.57. The van der Waals surface area contributed by atoms with E-state index in [1.165, 1.54) is 16.5 Å². The van der Waals surface area contributed by atoms with Crippen LogP contribution in [0.2, 0.25) is 0 Å². The molecule has 0 aromatic heterocycles. The molecular weight excluding hydrogens is 198 g/mol.